The summed E-state index contributed by atoms with van der Waals surface area (Å²) in [6, 6.07) is 0.0728. The van der Waals surface area contributed by atoms with Gasteiger partial charge >= 0.3 is 0 Å². The van der Waals surface area contributed by atoms with Gasteiger partial charge in [0.1, 0.15) is 11.5 Å². The molecule has 0 saturated heterocycles. The fourth-order valence-corrected chi connectivity index (χ4v) is 1.04. The van der Waals surface area contributed by atoms with Crippen LogP contribution in [0.5, 0.6) is 0 Å². The van der Waals surface area contributed by atoms with E-state index in [1.54, 1.807) is 0 Å². The zero-order valence-corrected chi connectivity index (χ0v) is 7.26. The molecule has 0 radical (unpaired) electrons. The van der Waals surface area contributed by atoms with Crippen molar-refractivity contribution in [2.45, 2.75) is 26.7 Å². The Balaban J connectivity index is 2.99. The average molecular weight is 168 g/mol. The summed E-state index contributed by atoms with van der Waals surface area (Å²) in [6.45, 7) is 3.46. The Kier molecular flexibility index (Phi) is 2.47. The summed E-state index contributed by atoms with van der Waals surface area (Å²) >= 11 is 0. The van der Waals surface area contributed by atoms with Gasteiger partial charge in [-0.25, -0.2) is 0 Å². The minimum atomic E-state index is -0.0982. The van der Waals surface area contributed by atoms with Crippen molar-refractivity contribution in [3.05, 3.63) is 11.5 Å². The van der Waals surface area contributed by atoms with E-state index in [1.807, 2.05) is 6.92 Å². The number of rotatable bonds is 3. The molecule has 4 heteroatoms. The van der Waals surface area contributed by atoms with Crippen LogP contribution in [0.4, 0.5) is 6.01 Å². The van der Waals surface area contributed by atoms with E-state index in [1.165, 1.54) is 6.92 Å². The highest BCUT2D eigenvalue weighted by atomic mass is 16.4. The molecule has 0 amide bonds. The molecule has 1 aromatic rings. The van der Waals surface area contributed by atoms with Crippen molar-refractivity contribution in [3.8, 4) is 0 Å². The lowest BCUT2D eigenvalue weighted by atomic mass is 10.2. The molecule has 2 N–H and O–H groups in total. The lowest BCUT2D eigenvalue weighted by Gasteiger charge is -1.92. The third-order valence-electron chi connectivity index (χ3n) is 1.52. The number of carbonyl (C=O) groups is 1. The Morgan fingerprint density at radius 2 is 2.33 bits per heavy atom. The number of hydrogen-bond donors (Lipinski definition) is 1. The molecular formula is C8H12N2O2. The van der Waals surface area contributed by atoms with Crippen molar-refractivity contribution >= 4 is 11.8 Å². The number of Topliss-reactive ketones (excluding diaryl/α,β-unsaturated/α-hetero) is 1. The van der Waals surface area contributed by atoms with E-state index in [2.05, 4.69) is 4.98 Å². The molecule has 0 aromatic carbocycles. The van der Waals surface area contributed by atoms with Crippen molar-refractivity contribution in [2.24, 2.45) is 0 Å². The van der Waals surface area contributed by atoms with E-state index in [9.17, 15) is 4.79 Å². The first-order chi connectivity index (χ1) is 5.65. The van der Waals surface area contributed by atoms with Crippen molar-refractivity contribution in [3.63, 3.8) is 0 Å². The molecule has 1 rings (SSSR count). The maximum Gasteiger partial charge on any atom is 0.292 e. The fourth-order valence-electron chi connectivity index (χ4n) is 1.04. The maximum absolute atomic E-state index is 11.0. The Bertz CT molecular complexity index is 291. The highest BCUT2D eigenvalue weighted by Crippen LogP contribution is 2.14. The number of hydrogen-bond acceptors (Lipinski definition) is 4. The van der Waals surface area contributed by atoms with Gasteiger partial charge in [0.2, 0.25) is 0 Å². The molecule has 0 fully saturated rings. The van der Waals surface area contributed by atoms with Crippen LogP contribution in [0.25, 0.3) is 0 Å². The van der Waals surface area contributed by atoms with Crippen molar-refractivity contribution in [1.29, 1.82) is 0 Å². The van der Waals surface area contributed by atoms with Gasteiger partial charge in [-0.2, -0.15) is 4.98 Å². The first-order valence-corrected chi connectivity index (χ1v) is 3.91. The van der Waals surface area contributed by atoms with E-state index in [0.717, 1.165) is 6.42 Å². The zero-order chi connectivity index (χ0) is 9.14. The quantitative estimate of drug-likeness (QED) is 0.693. The second-order valence-electron chi connectivity index (χ2n) is 2.63. The summed E-state index contributed by atoms with van der Waals surface area (Å²) < 4.78 is 5.06. The van der Waals surface area contributed by atoms with Crippen molar-refractivity contribution in [1.82, 2.24) is 4.98 Å². The maximum atomic E-state index is 11.0. The molecule has 0 unspecified atom stereocenters. The second-order valence-corrected chi connectivity index (χ2v) is 2.63. The molecular weight excluding hydrogens is 156 g/mol. The van der Waals surface area contributed by atoms with Crippen molar-refractivity contribution < 1.29 is 9.21 Å². The Hall–Kier alpha value is -1.32. The van der Waals surface area contributed by atoms with E-state index >= 15 is 0 Å². The van der Waals surface area contributed by atoms with E-state index < -0.39 is 0 Å². The average Bonchev–Trinajstić information content (AvgIpc) is 2.32. The molecule has 0 aliphatic rings. The third kappa shape index (κ3) is 1.64. The second kappa shape index (κ2) is 3.38. The summed E-state index contributed by atoms with van der Waals surface area (Å²) in [4.78, 5) is 14.8. The molecule has 0 bridgehead atoms. The van der Waals surface area contributed by atoms with Crippen LogP contribution in [0, 0.1) is 0 Å². The molecule has 0 atom stereocenters. The molecule has 0 spiro atoms. The summed E-state index contributed by atoms with van der Waals surface area (Å²) in [6.07, 6.45) is 1.62. The summed E-state index contributed by atoms with van der Waals surface area (Å²) in [5.41, 5.74) is 5.69. The molecule has 0 saturated carbocycles. The van der Waals surface area contributed by atoms with Gasteiger partial charge in [0.25, 0.3) is 6.01 Å². The molecule has 66 valence electrons. The minimum absolute atomic E-state index is 0.0728. The molecule has 1 aromatic heterocycles. The Labute approximate surface area is 70.8 Å². The number of aromatic nitrogens is 1. The van der Waals surface area contributed by atoms with Crippen LogP contribution in [0.15, 0.2) is 4.42 Å². The van der Waals surface area contributed by atoms with Crippen LogP contribution in [0.3, 0.4) is 0 Å². The Morgan fingerprint density at radius 1 is 1.67 bits per heavy atom. The highest BCUT2D eigenvalue weighted by Gasteiger charge is 2.13. The monoisotopic (exact) mass is 168 g/mol. The molecule has 1 heterocycles. The number of carbonyl (C=O) groups excluding carboxylic acids is 1. The summed E-state index contributed by atoms with van der Waals surface area (Å²) in [5, 5.41) is 0. The van der Waals surface area contributed by atoms with Crippen LogP contribution in [-0.4, -0.2) is 10.8 Å². The number of oxazole rings is 1. The van der Waals surface area contributed by atoms with Crippen molar-refractivity contribution in [2.75, 3.05) is 5.73 Å². The van der Waals surface area contributed by atoms with Crippen LogP contribution in [0.1, 0.15) is 36.5 Å². The smallest absolute Gasteiger partial charge is 0.292 e. The van der Waals surface area contributed by atoms with Crippen LogP contribution >= 0.6 is 0 Å². The topological polar surface area (TPSA) is 69.1 Å². The van der Waals surface area contributed by atoms with E-state index in [4.69, 9.17) is 10.2 Å². The molecule has 4 nitrogen and oxygen atoms in total. The Morgan fingerprint density at radius 3 is 2.83 bits per heavy atom. The normalized spacial score (nSPS) is 10.2. The number of aryl methyl sites for hydroxylation is 1. The van der Waals surface area contributed by atoms with Gasteiger partial charge in [-0.05, 0) is 6.42 Å². The first-order valence-electron chi connectivity index (χ1n) is 3.91. The fraction of sp³-hybridized carbons (Fsp3) is 0.500. The summed E-state index contributed by atoms with van der Waals surface area (Å²) in [7, 11) is 0. The van der Waals surface area contributed by atoms with Gasteiger partial charge in [0, 0.05) is 13.3 Å². The minimum Gasteiger partial charge on any atom is -0.428 e. The molecule has 12 heavy (non-hydrogen) atoms. The number of anilines is 1. The van der Waals surface area contributed by atoms with Gasteiger partial charge in [0.15, 0.2) is 5.78 Å². The third-order valence-corrected chi connectivity index (χ3v) is 1.52. The van der Waals surface area contributed by atoms with E-state index in [0.29, 0.717) is 17.9 Å². The first kappa shape index (κ1) is 8.77. The predicted molar refractivity (Wildman–Crippen MR) is 44.9 cm³/mol. The lowest BCUT2D eigenvalue weighted by Crippen LogP contribution is -1.97. The van der Waals surface area contributed by atoms with Crippen LogP contribution < -0.4 is 5.73 Å². The number of ketones is 1. The van der Waals surface area contributed by atoms with Gasteiger partial charge < -0.3 is 10.2 Å². The number of nitrogen functional groups attached to an aromatic ring is 1. The van der Waals surface area contributed by atoms with Gasteiger partial charge in [-0.1, -0.05) is 6.92 Å². The SMILES string of the molecule is CCCc1oc(N)nc1C(C)=O. The standard InChI is InChI=1S/C8H12N2O2/c1-3-4-6-7(5(2)11)10-8(9)12-6/h3-4H2,1-2H3,(H2,9,10). The molecule has 0 aliphatic carbocycles. The number of nitrogens with zero attached hydrogens (tertiary/aromatic N) is 1. The van der Waals surface area contributed by atoms with Gasteiger partial charge in [0.05, 0.1) is 0 Å². The zero-order valence-electron chi connectivity index (χ0n) is 7.26. The lowest BCUT2D eigenvalue weighted by molar-refractivity contribution is 0.101. The van der Waals surface area contributed by atoms with Gasteiger partial charge in [-0.3, -0.25) is 4.79 Å². The van der Waals surface area contributed by atoms with Crippen LogP contribution in [0.2, 0.25) is 0 Å². The van der Waals surface area contributed by atoms with E-state index in [-0.39, 0.29) is 11.8 Å². The largest absolute Gasteiger partial charge is 0.428 e. The highest BCUT2D eigenvalue weighted by molar-refractivity contribution is 5.93. The summed E-state index contributed by atoms with van der Waals surface area (Å²) in [5.74, 6) is 0.501. The van der Waals surface area contributed by atoms with Gasteiger partial charge in [-0.15, -0.1) is 0 Å². The van der Waals surface area contributed by atoms with Crippen LogP contribution in [-0.2, 0) is 6.42 Å². The number of nitrogens with two attached hydrogens (primary N) is 1. The predicted octanol–water partition coefficient (Wildman–Crippen LogP) is 1.41. The molecule has 0 aliphatic heterocycles.